The molecule has 2 rings (SSSR count). The van der Waals surface area contributed by atoms with Gasteiger partial charge in [-0.3, -0.25) is 4.52 Å². The SMILES string of the molecule is O=NNc1c[n+](CCc2ccccc2)no1. The maximum Gasteiger partial charge on any atom is 0.318 e. The first-order valence-electron chi connectivity index (χ1n) is 4.87. The number of rotatable bonds is 5. The number of nitrogens with zero attached hydrogens (tertiary/aromatic N) is 3. The number of nitrogens with one attached hydrogen (secondary N) is 1. The van der Waals surface area contributed by atoms with Crippen molar-refractivity contribution in [1.82, 2.24) is 5.27 Å². The Morgan fingerprint density at radius 1 is 1.38 bits per heavy atom. The average Bonchev–Trinajstić information content (AvgIpc) is 2.76. The molecule has 0 aliphatic carbocycles. The van der Waals surface area contributed by atoms with Crippen LogP contribution in [0.3, 0.4) is 0 Å². The van der Waals surface area contributed by atoms with E-state index in [-0.39, 0.29) is 5.88 Å². The summed E-state index contributed by atoms with van der Waals surface area (Å²) in [6.07, 6.45) is 2.44. The van der Waals surface area contributed by atoms with Gasteiger partial charge in [-0.2, -0.15) is 0 Å². The van der Waals surface area contributed by atoms with Crippen molar-refractivity contribution in [1.29, 1.82) is 0 Å². The lowest BCUT2D eigenvalue weighted by Crippen LogP contribution is -2.35. The molecule has 82 valence electrons. The van der Waals surface area contributed by atoms with Gasteiger partial charge in [0, 0.05) is 6.42 Å². The van der Waals surface area contributed by atoms with Gasteiger partial charge in [0.05, 0.1) is 5.29 Å². The monoisotopic (exact) mass is 219 g/mol. The van der Waals surface area contributed by atoms with E-state index in [9.17, 15) is 4.91 Å². The van der Waals surface area contributed by atoms with Crippen LogP contribution in [0, 0.1) is 4.91 Å². The van der Waals surface area contributed by atoms with E-state index in [2.05, 4.69) is 16.0 Å². The molecule has 6 heteroatoms. The summed E-state index contributed by atoms with van der Waals surface area (Å²) in [5.41, 5.74) is 3.37. The van der Waals surface area contributed by atoms with Crippen LogP contribution in [0.5, 0.6) is 0 Å². The van der Waals surface area contributed by atoms with Crippen LogP contribution in [0.2, 0.25) is 0 Å². The first-order valence-corrected chi connectivity index (χ1v) is 4.87. The molecule has 0 aliphatic rings. The second-order valence-corrected chi connectivity index (χ2v) is 3.27. The fraction of sp³-hybridized carbons (Fsp3) is 0.200. The smallest absolute Gasteiger partial charge is 0.280 e. The predicted octanol–water partition coefficient (Wildman–Crippen LogP) is 1.30. The summed E-state index contributed by atoms with van der Waals surface area (Å²) in [6.45, 7) is 0.689. The summed E-state index contributed by atoms with van der Waals surface area (Å²) in [4.78, 5) is 9.90. The summed E-state index contributed by atoms with van der Waals surface area (Å²) in [7, 11) is 0. The molecule has 1 aromatic carbocycles. The van der Waals surface area contributed by atoms with Gasteiger partial charge in [-0.25, -0.2) is 5.43 Å². The van der Waals surface area contributed by atoms with Crippen molar-refractivity contribution < 1.29 is 9.20 Å². The van der Waals surface area contributed by atoms with E-state index in [0.29, 0.717) is 6.54 Å². The highest BCUT2D eigenvalue weighted by molar-refractivity contribution is 5.20. The van der Waals surface area contributed by atoms with Crippen LogP contribution in [0.15, 0.2) is 46.3 Å². The topological polar surface area (TPSA) is 71.4 Å². The number of hydrogen-bond acceptors (Lipinski definition) is 4. The van der Waals surface area contributed by atoms with E-state index in [1.165, 1.54) is 5.56 Å². The molecule has 0 atom stereocenters. The normalized spacial score (nSPS) is 10.0. The fourth-order valence-electron chi connectivity index (χ4n) is 1.37. The highest BCUT2D eigenvalue weighted by Crippen LogP contribution is 2.01. The molecule has 6 nitrogen and oxygen atoms in total. The molecular formula is C10H11N4O2+. The van der Waals surface area contributed by atoms with Crippen molar-refractivity contribution in [2.24, 2.45) is 5.29 Å². The molecule has 0 aliphatic heterocycles. The van der Waals surface area contributed by atoms with Gasteiger partial charge in [0.15, 0.2) is 6.54 Å². The molecule has 0 saturated carbocycles. The molecule has 0 radical (unpaired) electrons. The Hall–Kier alpha value is -2.24. The van der Waals surface area contributed by atoms with E-state index >= 15 is 0 Å². The number of nitroso groups, excluding NO2 is 1. The van der Waals surface area contributed by atoms with Crippen molar-refractivity contribution in [2.75, 3.05) is 5.43 Å². The predicted molar refractivity (Wildman–Crippen MR) is 56.3 cm³/mol. The maximum absolute atomic E-state index is 9.90. The second-order valence-electron chi connectivity index (χ2n) is 3.27. The van der Waals surface area contributed by atoms with E-state index < -0.39 is 0 Å². The number of aromatic nitrogens is 2. The number of hydrogen-bond donors (Lipinski definition) is 1. The zero-order chi connectivity index (χ0) is 11.2. The largest absolute Gasteiger partial charge is 0.318 e. The summed E-state index contributed by atoms with van der Waals surface area (Å²) in [5, 5.41) is 6.22. The van der Waals surface area contributed by atoms with E-state index in [1.54, 1.807) is 10.9 Å². The van der Waals surface area contributed by atoms with Gasteiger partial charge in [-0.15, -0.1) is 4.91 Å². The standard InChI is InChI=1S/C10H10N4O2/c15-12-11-10-8-14(13-16-10)7-6-9-4-2-1-3-5-9/h1-5,8H,6-7H2/p+1. The Morgan fingerprint density at radius 3 is 2.94 bits per heavy atom. The van der Waals surface area contributed by atoms with Gasteiger partial charge in [-0.05, 0) is 5.56 Å². The average molecular weight is 219 g/mol. The van der Waals surface area contributed by atoms with Crippen LogP contribution in [0.25, 0.3) is 0 Å². The molecule has 0 saturated heterocycles. The zero-order valence-corrected chi connectivity index (χ0v) is 8.54. The van der Waals surface area contributed by atoms with Gasteiger partial charge in [0.2, 0.25) is 5.27 Å². The van der Waals surface area contributed by atoms with Crippen molar-refractivity contribution in [3.05, 3.63) is 47.0 Å². The number of aryl methyl sites for hydroxylation is 2. The molecule has 2 aromatic rings. The first kappa shape index (κ1) is 10.3. The van der Waals surface area contributed by atoms with Crippen LogP contribution >= 0.6 is 0 Å². The molecule has 1 N–H and O–H groups in total. The van der Waals surface area contributed by atoms with Crippen LogP contribution in [0.1, 0.15) is 5.56 Å². The summed E-state index contributed by atoms with van der Waals surface area (Å²) in [5.74, 6) is 0.239. The summed E-state index contributed by atoms with van der Waals surface area (Å²) < 4.78 is 6.41. The molecular weight excluding hydrogens is 208 g/mol. The van der Waals surface area contributed by atoms with Crippen LogP contribution in [-0.4, -0.2) is 5.27 Å². The molecule has 0 unspecified atom stereocenters. The summed E-state index contributed by atoms with van der Waals surface area (Å²) >= 11 is 0. The second kappa shape index (κ2) is 5.01. The molecule has 1 aromatic heterocycles. The quantitative estimate of drug-likeness (QED) is 0.467. The minimum Gasteiger partial charge on any atom is -0.280 e. The van der Waals surface area contributed by atoms with Gasteiger partial charge in [0.25, 0.3) is 6.20 Å². The van der Waals surface area contributed by atoms with Gasteiger partial charge >= 0.3 is 5.88 Å². The lowest BCUT2D eigenvalue weighted by atomic mass is 10.1. The third-order valence-corrected chi connectivity index (χ3v) is 2.14. The van der Waals surface area contributed by atoms with Crippen molar-refractivity contribution in [3.63, 3.8) is 0 Å². The van der Waals surface area contributed by atoms with E-state index in [4.69, 9.17) is 4.52 Å². The number of benzene rings is 1. The molecule has 16 heavy (non-hydrogen) atoms. The highest BCUT2D eigenvalue weighted by atomic mass is 16.5. The van der Waals surface area contributed by atoms with Crippen molar-refractivity contribution >= 4 is 5.88 Å². The minimum absolute atomic E-state index is 0.239. The lowest BCUT2D eigenvalue weighted by molar-refractivity contribution is -0.761. The maximum atomic E-state index is 9.90. The Labute approximate surface area is 91.8 Å². The van der Waals surface area contributed by atoms with Crippen LogP contribution < -0.4 is 10.1 Å². The highest BCUT2D eigenvalue weighted by Gasteiger charge is 2.10. The lowest BCUT2D eigenvalue weighted by Gasteiger charge is -1.93. The van der Waals surface area contributed by atoms with Crippen molar-refractivity contribution in [2.45, 2.75) is 13.0 Å². The zero-order valence-electron chi connectivity index (χ0n) is 8.54. The Kier molecular flexibility index (Phi) is 3.22. The molecule has 0 bridgehead atoms. The van der Waals surface area contributed by atoms with Crippen LogP contribution in [-0.2, 0) is 13.0 Å². The molecule has 0 amide bonds. The third kappa shape index (κ3) is 2.63. The van der Waals surface area contributed by atoms with E-state index in [0.717, 1.165) is 6.42 Å². The Balaban J connectivity index is 1.92. The van der Waals surface area contributed by atoms with E-state index in [1.807, 2.05) is 30.3 Å². The number of anilines is 1. The summed E-state index contributed by atoms with van der Waals surface area (Å²) in [6, 6.07) is 10.1. The van der Waals surface area contributed by atoms with Gasteiger partial charge in [-0.1, -0.05) is 35.0 Å². The van der Waals surface area contributed by atoms with Gasteiger partial charge in [0.1, 0.15) is 0 Å². The third-order valence-electron chi connectivity index (χ3n) is 2.14. The molecule has 0 spiro atoms. The molecule has 0 fully saturated rings. The fourth-order valence-corrected chi connectivity index (χ4v) is 1.37. The van der Waals surface area contributed by atoms with Crippen molar-refractivity contribution in [3.8, 4) is 0 Å². The van der Waals surface area contributed by atoms with Crippen LogP contribution in [0.4, 0.5) is 5.88 Å². The Bertz CT molecular complexity index is 455. The Morgan fingerprint density at radius 2 is 2.19 bits per heavy atom. The minimum atomic E-state index is 0.239. The molecule has 1 heterocycles. The first-order chi connectivity index (χ1) is 7.88. The van der Waals surface area contributed by atoms with Gasteiger partial charge < -0.3 is 0 Å².